The highest BCUT2D eigenvalue weighted by atomic mass is 16.3. The fraction of sp³-hybridized carbons (Fsp3) is 0.750. The van der Waals surface area contributed by atoms with Crippen LogP contribution < -0.4 is 5.32 Å². The molecule has 0 amide bonds. The van der Waals surface area contributed by atoms with Crippen molar-refractivity contribution in [1.82, 2.24) is 5.32 Å². The molecular weight excluding hydrogens is 238 g/mol. The lowest BCUT2D eigenvalue weighted by molar-refractivity contribution is 0.125. The molecule has 0 aliphatic heterocycles. The maximum absolute atomic E-state index is 9.29. The Labute approximate surface area is 116 Å². The van der Waals surface area contributed by atoms with Gasteiger partial charge in [-0.15, -0.1) is 0 Å². The molecule has 1 heterocycles. The van der Waals surface area contributed by atoms with Crippen LogP contribution in [-0.2, 0) is 13.0 Å². The van der Waals surface area contributed by atoms with Gasteiger partial charge in [0.1, 0.15) is 11.5 Å². The van der Waals surface area contributed by atoms with Gasteiger partial charge in [0, 0.05) is 19.6 Å². The lowest BCUT2D eigenvalue weighted by atomic mass is 9.72. The second-order valence-electron chi connectivity index (χ2n) is 5.86. The number of aliphatic hydroxyl groups is 1. The van der Waals surface area contributed by atoms with Gasteiger partial charge in [0.05, 0.1) is 6.54 Å². The topological polar surface area (TPSA) is 45.4 Å². The standard InChI is InChI=1S/C16H27NO2/c1-2-14-6-7-15(19-14)12-17-13-16(10-11-18)8-4-3-5-9-16/h6-7,17-18H,2-5,8-13H2,1H3. The SMILES string of the molecule is CCc1ccc(CNCC2(CCO)CCCCC2)o1. The molecule has 1 aromatic heterocycles. The molecule has 1 aliphatic rings. The van der Waals surface area contributed by atoms with E-state index in [0.29, 0.717) is 12.0 Å². The summed E-state index contributed by atoms with van der Waals surface area (Å²) in [6.07, 6.45) is 8.35. The molecule has 3 heteroatoms. The van der Waals surface area contributed by atoms with Crippen LogP contribution in [0.15, 0.2) is 16.5 Å². The van der Waals surface area contributed by atoms with Crippen molar-refractivity contribution in [3.05, 3.63) is 23.7 Å². The van der Waals surface area contributed by atoms with Gasteiger partial charge in [0.2, 0.25) is 0 Å². The number of aryl methyl sites for hydroxylation is 1. The van der Waals surface area contributed by atoms with Crippen molar-refractivity contribution >= 4 is 0 Å². The van der Waals surface area contributed by atoms with Crippen LogP contribution in [0.2, 0.25) is 0 Å². The summed E-state index contributed by atoms with van der Waals surface area (Å²) in [6.45, 7) is 4.21. The predicted octanol–water partition coefficient (Wildman–Crippen LogP) is 3.26. The third-order valence-electron chi connectivity index (χ3n) is 4.42. The molecule has 1 saturated carbocycles. The highest BCUT2D eigenvalue weighted by Crippen LogP contribution is 2.38. The zero-order valence-electron chi connectivity index (χ0n) is 12.1. The average molecular weight is 265 g/mol. The van der Waals surface area contributed by atoms with Gasteiger partial charge >= 0.3 is 0 Å². The third kappa shape index (κ3) is 4.08. The van der Waals surface area contributed by atoms with Crippen LogP contribution in [0.5, 0.6) is 0 Å². The second-order valence-corrected chi connectivity index (χ2v) is 5.86. The molecule has 0 saturated heterocycles. The van der Waals surface area contributed by atoms with Gasteiger partial charge < -0.3 is 14.8 Å². The average Bonchev–Trinajstić information content (AvgIpc) is 2.88. The Kier molecular flexibility index (Phi) is 5.46. The highest BCUT2D eigenvalue weighted by Gasteiger charge is 2.30. The molecule has 0 spiro atoms. The molecule has 2 rings (SSSR count). The molecule has 0 aromatic carbocycles. The lowest BCUT2D eigenvalue weighted by Crippen LogP contribution is -2.36. The third-order valence-corrected chi connectivity index (χ3v) is 4.42. The van der Waals surface area contributed by atoms with Crippen LogP contribution in [0.3, 0.4) is 0 Å². The number of rotatable bonds is 7. The minimum Gasteiger partial charge on any atom is -0.465 e. The van der Waals surface area contributed by atoms with Crippen molar-refractivity contribution < 1.29 is 9.52 Å². The van der Waals surface area contributed by atoms with Crippen LogP contribution in [0.25, 0.3) is 0 Å². The van der Waals surface area contributed by atoms with E-state index in [1.54, 1.807) is 0 Å². The van der Waals surface area contributed by atoms with E-state index in [2.05, 4.69) is 24.4 Å². The zero-order valence-corrected chi connectivity index (χ0v) is 12.1. The Balaban J connectivity index is 1.81. The molecule has 0 bridgehead atoms. The van der Waals surface area contributed by atoms with Crippen molar-refractivity contribution in [2.75, 3.05) is 13.2 Å². The summed E-state index contributed by atoms with van der Waals surface area (Å²) in [5.41, 5.74) is 0.313. The molecule has 3 nitrogen and oxygen atoms in total. The molecule has 19 heavy (non-hydrogen) atoms. The monoisotopic (exact) mass is 265 g/mol. The van der Waals surface area contributed by atoms with E-state index in [-0.39, 0.29) is 0 Å². The Hall–Kier alpha value is -0.800. The number of hydrogen-bond acceptors (Lipinski definition) is 3. The van der Waals surface area contributed by atoms with E-state index >= 15 is 0 Å². The minimum absolute atomic E-state index is 0.308. The number of aliphatic hydroxyl groups excluding tert-OH is 1. The smallest absolute Gasteiger partial charge is 0.117 e. The van der Waals surface area contributed by atoms with Gasteiger partial charge in [0.25, 0.3) is 0 Å². The van der Waals surface area contributed by atoms with E-state index < -0.39 is 0 Å². The van der Waals surface area contributed by atoms with E-state index in [1.807, 2.05) is 0 Å². The van der Waals surface area contributed by atoms with Gasteiger partial charge in [-0.1, -0.05) is 26.2 Å². The van der Waals surface area contributed by atoms with Gasteiger partial charge in [-0.2, -0.15) is 0 Å². The van der Waals surface area contributed by atoms with E-state index in [0.717, 1.165) is 37.5 Å². The summed E-state index contributed by atoms with van der Waals surface area (Å²) >= 11 is 0. The summed E-state index contributed by atoms with van der Waals surface area (Å²) < 4.78 is 5.70. The molecule has 1 fully saturated rings. The fourth-order valence-electron chi connectivity index (χ4n) is 3.21. The van der Waals surface area contributed by atoms with Crippen LogP contribution in [0.4, 0.5) is 0 Å². The number of hydrogen-bond donors (Lipinski definition) is 2. The van der Waals surface area contributed by atoms with Crippen LogP contribution in [0.1, 0.15) is 57.0 Å². The zero-order chi connectivity index (χ0) is 13.6. The van der Waals surface area contributed by atoms with Crippen LogP contribution in [0, 0.1) is 5.41 Å². The lowest BCUT2D eigenvalue weighted by Gasteiger charge is -2.37. The molecule has 1 aliphatic carbocycles. The summed E-state index contributed by atoms with van der Waals surface area (Å²) in [4.78, 5) is 0. The van der Waals surface area contributed by atoms with Gasteiger partial charge in [0.15, 0.2) is 0 Å². The minimum atomic E-state index is 0.308. The van der Waals surface area contributed by atoms with E-state index in [4.69, 9.17) is 4.42 Å². The molecule has 2 N–H and O–H groups in total. The van der Waals surface area contributed by atoms with Gasteiger partial charge in [-0.25, -0.2) is 0 Å². The van der Waals surface area contributed by atoms with Crippen molar-refractivity contribution in [2.24, 2.45) is 5.41 Å². The molecule has 108 valence electrons. The largest absolute Gasteiger partial charge is 0.465 e. The Morgan fingerprint density at radius 3 is 2.58 bits per heavy atom. The Morgan fingerprint density at radius 2 is 1.95 bits per heavy atom. The first-order chi connectivity index (χ1) is 9.28. The number of furan rings is 1. The van der Waals surface area contributed by atoms with Crippen molar-refractivity contribution in [3.8, 4) is 0 Å². The Bertz CT molecular complexity index is 361. The van der Waals surface area contributed by atoms with Gasteiger partial charge in [-0.3, -0.25) is 0 Å². The summed E-state index contributed by atoms with van der Waals surface area (Å²) in [7, 11) is 0. The maximum Gasteiger partial charge on any atom is 0.117 e. The van der Waals surface area contributed by atoms with Crippen molar-refractivity contribution in [1.29, 1.82) is 0 Å². The van der Waals surface area contributed by atoms with Gasteiger partial charge in [-0.05, 0) is 36.8 Å². The highest BCUT2D eigenvalue weighted by molar-refractivity contribution is 5.06. The van der Waals surface area contributed by atoms with E-state index in [1.165, 1.54) is 32.1 Å². The molecule has 0 unspecified atom stereocenters. The second kappa shape index (κ2) is 7.11. The van der Waals surface area contributed by atoms with E-state index in [9.17, 15) is 5.11 Å². The quantitative estimate of drug-likeness (QED) is 0.795. The maximum atomic E-state index is 9.29. The molecular formula is C16H27NO2. The Morgan fingerprint density at radius 1 is 1.21 bits per heavy atom. The summed E-state index contributed by atoms with van der Waals surface area (Å²) in [5, 5.41) is 12.8. The molecule has 1 aromatic rings. The summed E-state index contributed by atoms with van der Waals surface area (Å²) in [5.74, 6) is 2.08. The van der Waals surface area contributed by atoms with Crippen LogP contribution in [-0.4, -0.2) is 18.3 Å². The number of nitrogens with one attached hydrogen (secondary N) is 1. The van der Waals surface area contributed by atoms with Crippen molar-refractivity contribution in [3.63, 3.8) is 0 Å². The van der Waals surface area contributed by atoms with Crippen LogP contribution >= 0.6 is 0 Å². The van der Waals surface area contributed by atoms with Crippen molar-refractivity contribution in [2.45, 2.75) is 58.4 Å². The molecule has 0 atom stereocenters. The normalized spacial score (nSPS) is 18.6. The first-order valence-corrected chi connectivity index (χ1v) is 7.67. The first-order valence-electron chi connectivity index (χ1n) is 7.67. The molecule has 0 radical (unpaired) electrons. The first kappa shape index (κ1) is 14.6. The summed E-state index contributed by atoms with van der Waals surface area (Å²) in [6, 6.07) is 4.12. The fourth-order valence-corrected chi connectivity index (χ4v) is 3.21. The predicted molar refractivity (Wildman–Crippen MR) is 77.0 cm³/mol.